The highest BCUT2D eigenvalue weighted by molar-refractivity contribution is 9.09. The van der Waals surface area contributed by atoms with E-state index in [2.05, 4.69) is 33.1 Å². The summed E-state index contributed by atoms with van der Waals surface area (Å²) in [5.41, 5.74) is 0. The maximum absolute atomic E-state index is 11.0. The number of nitrogens with one attached hydrogen (secondary N) is 1. The molecule has 1 heterocycles. The van der Waals surface area contributed by atoms with Crippen LogP contribution in [0.15, 0.2) is 0 Å². The third-order valence-corrected chi connectivity index (χ3v) is 3.13. The Morgan fingerprint density at radius 3 is 3.07 bits per heavy atom. The van der Waals surface area contributed by atoms with E-state index in [1.807, 2.05) is 0 Å². The minimum Gasteiger partial charge on any atom is -0.355 e. The van der Waals surface area contributed by atoms with Gasteiger partial charge in [-0.3, -0.25) is 4.79 Å². The monoisotopic (exact) mass is 262 g/mol. The Labute approximate surface area is 94.4 Å². The van der Waals surface area contributed by atoms with Crippen molar-refractivity contribution in [3.05, 3.63) is 0 Å². The van der Waals surface area contributed by atoms with E-state index >= 15 is 0 Å². The Morgan fingerprint density at radius 1 is 1.64 bits per heavy atom. The molecule has 14 heavy (non-hydrogen) atoms. The first kappa shape index (κ1) is 12.0. The molecule has 4 heteroatoms. The van der Waals surface area contributed by atoms with E-state index in [0.717, 1.165) is 13.1 Å². The van der Waals surface area contributed by atoms with Gasteiger partial charge in [-0.2, -0.15) is 0 Å². The van der Waals surface area contributed by atoms with Crippen LogP contribution in [0.2, 0.25) is 0 Å². The number of hydrogen-bond donors (Lipinski definition) is 1. The number of alkyl halides is 1. The van der Waals surface area contributed by atoms with Crippen LogP contribution in [0, 0.1) is 5.92 Å². The van der Waals surface area contributed by atoms with Gasteiger partial charge in [0.2, 0.25) is 5.91 Å². The highest BCUT2D eigenvalue weighted by Gasteiger charge is 2.21. The first-order valence-electron chi connectivity index (χ1n) is 5.31. The zero-order valence-electron chi connectivity index (χ0n) is 8.76. The quantitative estimate of drug-likeness (QED) is 0.757. The summed E-state index contributed by atoms with van der Waals surface area (Å²) in [4.78, 5) is 13.5. The fraction of sp³-hybridized carbons (Fsp3) is 0.900. The first-order chi connectivity index (χ1) is 6.76. The minimum absolute atomic E-state index is 0.0962. The topological polar surface area (TPSA) is 32.3 Å². The molecule has 0 radical (unpaired) electrons. The van der Waals surface area contributed by atoms with Crippen molar-refractivity contribution in [1.82, 2.24) is 10.2 Å². The number of amides is 1. The van der Waals surface area contributed by atoms with Crippen LogP contribution in [0.4, 0.5) is 0 Å². The average molecular weight is 263 g/mol. The lowest BCUT2D eigenvalue weighted by molar-refractivity contribution is -0.118. The molecule has 0 aromatic rings. The van der Waals surface area contributed by atoms with Crippen LogP contribution in [-0.4, -0.2) is 42.3 Å². The Hall–Kier alpha value is -0.0900. The van der Waals surface area contributed by atoms with E-state index in [9.17, 15) is 4.79 Å². The van der Waals surface area contributed by atoms with Gasteiger partial charge in [0.25, 0.3) is 0 Å². The highest BCUT2D eigenvalue weighted by atomic mass is 79.9. The number of halogens is 1. The summed E-state index contributed by atoms with van der Waals surface area (Å²) >= 11 is 3.14. The SMILES string of the molecule is CCCN1CCC(CNC(=O)CBr)C1. The van der Waals surface area contributed by atoms with Gasteiger partial charge in [0, 0.05) is 13.1 Å². The van der Waals surface area contributed by atoms with Gasteiger partial charge in [-0.1, -0.05) is 22.9 Å². The normalized spacial score (nSPS) is 22.6. The third-order valence-electron chi connectivity index (χ3n) is 2.62. The summed E-state index contributed by atoms with van der Waals surface area (Å²) < 4.78 is 0. The van der Waals surface area contributed by atoms with Gasteiger partial charge in [0.15, 0.2) is 0 Å². The number of carbonyl (C=O) groups is 1. The molecule has 82 valence electrons. The second-order valence-corrected chi connectivity index (χ2v) is 4.45. The zero-order chi connectivity index (χ0) is 10.4. The number of hydrogen-bond acceptors (Lipinski definition) is 2. The molecule has 1 saturated heterocycles. The molecule has 3 nitrogen and oxygen atoms in total. The standard InChI is InChI=1S/C10H19BrN2O/c1-2-4-13-5-3-9(8-13)7-12-10(14)6-11/h9H,2-8H2,1H3,(H,12,14). The smallest absolute Gasteiger partial charge is 0.230 e. The lowest BCUT2D eigenvalue weighted by Gasteiger charge is -2.14. The van der Waals surface area contributed by atoms with Gasteiger partial charge in [-0.25, -0.2) is 0 Å². The molecule has 0 aromatic heterocycles. The lowest BCUT2D eigenvalue weighted by Crippen LogP contribution is -2.31. The van der Waals surface area contributed by atoms with E-state index in [0.29, 0.717) is 11.2 Å². The minimum atomic E-state index is 0.0962. The summed E-state index contributed by atoms with van der Waals surface area (Å²) in [5.74, 6) is 0.753. The molecule has 1 atom stereocenters. The molecule has 0 saturated carbocycles. The lowest BCUT2D eigenvalue weighted by atomic mass is 10.1. The second kappa shape index (κ2) is 6.40. The number of likely N-dealkylation sites (tertiary alicyclic amines) is 1. The van der Waals surface area contributed by atoms with Gasteiger partial charge in [0.1, 0.15) is 0 Å². The van der Waals surface area contributed by atoms with E-state index in [4.69, 9.17) is 0 Å². The maximum atomic E-state index is 11.0. The molecule has 1 unspecified atom stereocenters. The van der Waals surface area contributed by atoms with Gasteiger partial charge < -0.3 is 10.2 Å². The molecule has 0 aliphatic carbocycles. The Bertz CT molecular complexity index is 187. The molecule has 0 aromatic carbocycles. The van der Waals surface area contributed by atoms with Crippen LogP contribution in [0.1, 0.15) is 19.8 Å². The largest absolute Gasteiger partial charge is 0.355 e. The maximum Gasteiger partial charge on any atom is 0.230 e. The summed E-state index contributed by atoms with van der Waals surface area (Å²) in [6.07, 6.45) is 2.45. The van der Waals surface area contributed by atoms with Crippen LogP contribution in [-0.2, 0) is 4.79 Å². The molecular weight excluding hydrogens is 244 g/mol. The molecular formula is C10H19BrN2O. The van der Waals surface area contributed by atoms with Crippen LogP contribution in [0.3, 0.4) is 0 Å². The average Bonchev–Trinajstić information content (AvgIpc) is 2.63. The van der Waals surface area contributed by atoms with Crippen molar-refractivity contribution >= 4 is 21.8 Å². The molecule has 1 fully saturated rings. The van der Waals surface area contributed by atoms with Crippen LogP contribution >= 0.6 is 15.9 Å². The van der Waals surface area contributed by atoms with Crippen molar-refractivity contribution < 1.29 is 4.79 Å². The number of carbonyl (C=O) groups excluding carboxylic acids is 1. The molecule has 1 rings (SSSR count). The fourth-order valence-corrected chi connectivity index (χ4v) is 2.10. The second-order valence-electron chi connectivity index (χ2n) is 3.89. The highest BCUT2D eigenvalue weighted by Crippen LogP contribution is 2.15. The molecule has 1 amide bonds. The van der Waals surface area contributed by atoms with Crippen molar-refractivity contribution in [3.63, 3.8) is 0 Å². The van der Waals surface area contributed by atoms with Crippen molar-refractivity contribution in [1.29, 1.82) is 0 Å². The van der Waals surface area contributed by atoms with E-state index in [1.165, 1.54) is 25.9 Å². The van der Waals surface area contributed by atoms with Crippen molar-refractivity contribution in [2.75, 3.05) is 31.5 Å². The molecule has 1 aliphatic rings. The van der Waals surface area contributed by atoms with E-state index in [-0.39, 0.29) is 5.91 Å². The van der Waals surface area contributed by atoms with Crippen molar-refractivity contribution in [3.8, 4) is 0 Å². The summed E-state index contributed by atoms with van der Waals surface area (Å²) in [6, 6.07) is 0. The third kappa shape index (κ3) is 3.96. The van der Waals surface area contributed by atoms with Gasteiger partial charge in [-0.15, -0.1) is 0 Å². The van der Waals surface area contributed by atoms with Crippen molar-refractivity contribution in [2.45, 2.75) is 19.8 Å². The molecule has 1 N–H and O–H groups in total. The number of rotatable bonds is 5. The molecule has 0 bridgehead atoms. The number of nitrogens with zero attached hydrogens (tertiary/aromatic N) is 1. The Kier molecular flexibility index (Phi) is 5.48. The first-order valence-corrected chi connectivity index (χ1v) is 6.43. The predicted octanol–water partition coefficient (Wildman–Crippen LogP) is 1.23. The van der Waals surface area contributed by atoms with Crippen LogP contribution < -0.4 is 5.32 Å². The van der Waals surface area contributed by atoms with Crippen LogP contribution in [0.5, 0.6) is 0 Å². The zero-order valence-corrected chi connectivity index (χ0v) is 10.3. The van der Waals surface area contributed by atoms with Crippen molar-refractivity contribution in [2.24, 2.45) is 5.92 Å². The Balaban J connectivity index is 2.13. The summed E-state index contributed by atoms with van der Waals surface area (Å²) in [5, 5.41) is 3.34. The Morgan fingerprint density at radius 2 is 2.43 bits per heavy atom. The predicted molar refractivity (Wildman–Crippen MR) is 61.6 cm³/mol. The van der Waals surface area contributed by atoms with Gasteiger partial charge >= 0.3 is 0 Å². The van der Waals surface area contributed by atoms with E-state index < -0.39 is 0 Å². The van der Waals surface area contributed by atoms with E-state index in [1.54, 1.807) is 0 Å². The summed E-state index contributed by atoms with van der Waals surface area (Å²) in [7, 11) is 0. The fourth-order valence-electron chi connectivity index (χ4n) is 1.90. The van der Waals surface area contributed by atoms with Gasteiger partial charge in [0.05, 0.1) is 5.33 Å². The molecule has 1 aliphatic heterocycles. The van der Waals surface area contributed by atoms with Gasteiger partial charge in [-0.05, 0) is 31.8 Å². The van der Waals surface area contributed by atoms with Crippen LogP contribution in [0.25, 0.3) is 0 Å². The molecule has 0 spiro atoms. The summed E-state index contributed by atoms with van der Waals surface area (Å²) in [6.45, 7) is 6.59.